The maximum absolute atomic E-state index is 10.5. The Morgan fingerprint density at radius 2 is 0.593 bits per heavy atom. The molecule has 0 saturated carbocycles. The second-order valence-electron chi connectivity index (χ2n) is 19.6. The first kappa shape index (κ1) is 59.0. The molecular weight excluding hydrogens is 1160 g/mol. The first-order valence-electron chi connectivity index (χ1n) is 27.5. The minimum absolute atomic E-state index is 0.477. The highest BCUT2D eigenvalue weighted by Crippen LogP contribution is 2.58. The number of allylic oxidation sites excluding steroid dienone is 8. The minimum Gasteiger partial charge on any atom is -0.423 e. The highest BCUT2D eigenvalue weighted by atomic mass is 79.9. The van der Waals surface area contributed by atoms with Crippen LogP contribution in [0.15, 0.2) is 331 Å². The lowest BCUT2D eigenvalue weighted by Crippen LogP contribution is -2.29. The van der Waals surface area contributed by atoms with E-state index in [9.17, 15) is 31.1 Å². The van der Waals surface area contributed by atoms with Crippen LogP contribution in [0, 0.1) is 45.3 Å². The molecule has 0 unspecified atom stereocenters. The smallest absolute Gasteiger partial charge is 0.423 e. The Morgan fingerprint density at radius 3 is 0.895 bits per heavy atom. The van der Waals surface area contributed by atoms with Gasteiger partial charge in [-0.3, -0.25) is 0 Å². The second kappa shape index (κ2) is 27.9. The van der Waals surface area contributed by atoms with E-state index in [0.717, 1.165) is 71.0 Å². The van der Waals surface area contributed by atoms with Crippen molar-refractivity contribution in [2.24, 2.45) is 0 Å². The molecule has 2 heterocycles. The molecule has 0 amide bonds. The fourth-order valence-corrected chi connectivity index (χ4v) is 19.3. The number of nitrogens with zero attached hydrogens (tertiary/aromatic N) is 6. The summed E-state index contributed by atoms with van der Waals surface area (Å²) in [5, 5.41) is 65.8. The summed E-state index contributed by atoms with van der Waals surface area (Å²) in [4.78, 5) is 4.33. The number of para-hydroxylation sites is 4. The highest BCUT2D eigenvalue weighted by molar-refractivity contribution is 9.12. The molecule has 412 valence electrons. The van der Waals surface area contributed by atoms with Gasteiger partial charge >= 0.3 is 7.12 Å². The van der Waals surface area contributed by atoms with Gasteiger partial charge in [0.2, 0.25) is 0 Å². The van der Waals surface area contributed by atoms with Gasteiger partial charge < -0.3 is 19.8 Å². The fraction of sp³-hybridized carbons (Fsp3) is 0. The van der Waals surface area contributed by atoms with Crippen LogP contribution in [0.5, 0.6) is 0 Å². The average Bonchev–Trinajstić information content (AvgIpc) is 0.865. The predicted molar refractivity (Wildman–Crippen MR) is 364 cm³/mol. The molecule has 8 nitrogen and oxygen atoms in total. The summed E-state index contributed by atoms with van der Waals surface area (Å²) >= 11 is 3.43. The quantitative estimate of drug-likeness (QED) is 0.0910. The normalized spacial score (nSPS) is 13.4. The highest BCUT2D eigenvalue weighted by Gasteiger charge is 2.35. The third kappa shape index (κ3) is 12.4. The van der Waals surface area contributed by atoms with Crippen LogP contribution in [0.25, 0.3) is 5.57 Å². The molecule has 0 atom stereocenters. The molecule has 0 fully saturated rings. The van der Waals surface area contributed by atoms with Gasteiger partial charge in [0.1, 0.15) is 24.3 Å². The first-order valence-corrected chi connectivity index (χ1v) is 31.9. The minimum atomic E-state index is -2.61. The lowest BCUT2D eigenvalue weighted by molar-refractivity contribution is 0.426. The average molecular weight is 1210 g/mol. The Balaban J connectivity index is 0.000000155. The summed E-state index contributed by atoms with van der Waals surface area (Å²) in [6.45, 7) is -5.01. The van der Waals surface area contributed by atoms with Gasteiger partial charge in [-0.2, -0.15) is 21.0 Å². The van der Waals surface area contributed by atoms with Crippen molar-refractivity contribution in [1.29, 1.82) is 21.0 Å². The van der Waals surface area contributed by atoms with Crippen LogP contribution in [-0.4, -0.2) is 27.8 Å². The van der Waals surface area contributed by atoms with Gasteiger partial charge in [-0.15, -0.1) is 0 Å². The molecule has 2 aliphatic rings. The molecule has 0 spiro atoms. The Kier molecular flexibility index (Phi) is 19.1. The number of hydrogen-bond acceptors (Lipinski definition) is 8. The van der Waals surface area contributed by atoms with E-state index in [1.165, 1.54) is 0 Å². The van der Waals surface area contributed by atoms with E-state index in [-0.39, 0.29) is 0 Å². The van der Waals surface area contributed by atoms with Crippen LogP contribution in [-0.2, 0) is 0 Å². The van der Waals surface area contributed by atoms with Crippen molar-refractivity contribution < 1.29 is 10.0 Å². The molecule has 12 heteroatoms. The van der Waals surface area contributed by atoms with E-state index >= 15 is 0 Å². The van der Waals surface area contributed by atoms with Crippen molar-refractivity contribution in [2.75, 3.05) is 9.80 Å². The maximum atomic E-state index is 10.5. The van der Waals surface area contributed by atoms with E-state index in [2.05, 4.69) is 98.5 Å². The maximum Gasteiger partial charge on any atom is 0.488 e. The van der Waals surface area contributed by atoms with Crippen LogP contribution in [0.4, 0.5) is 34.1 Å². The standard InChI is InChI=1S/C37H26N3P.C19H12BrN2P.C18H16BNO2/c38-27-36-25-30(26-37(28-39)41(36,34-17-9-3-10-18-34)35-19-11-4-12-20-35)29-21-23-33(24-22-29)40(31-13-5-1-6-14-31)32-15-7-2-8-16-32;20-15-11-18(13-21)23(19(12-15)14-22,16-7-3-1-4-8-16)17-9-5-2-6-10-17;21-19(22)15-11-13-18(14-12-15)20(16-7-3-1-4-8-16)17-9-5-2-6-10-17/h1-26H;1-12H;1-14,21-22H. The summed E-state index contributed by atoms with van der Waals surface area (Å²) in [6, 6.07) is 106. The van der Waals surface area contributed by atoms with E-state index in [0.29, 0.717) is 26.7 Å². The second-order valence-corrected chi connectivity index (χ2v) is 27.2. The first-order chi connectivity index (χ1) is 42.2. The molecule has 86 heavy (non-hydrogen) atoms. The molecule has 0 saturated heterocycles. The zero-order chi connectivity index (χ0) is 59.7. The molecule has 0 aliphatic carbocycles. The van der Waals surface area contributed by atoms with Gasteiger partial charge in [0, 0.05) is 52.4 Å². The van der Waals surface area contributed by atoms with Gasteiger partial charge in [-0.05, 0) is 135 Å². The summed E-state index contributed by atoms with van der Waals surface area (Å²) in [7, 11) is -1.45. The molecule has 0 aromatic heterocycles. The molecule has 0 bridgehead atoms. The van der Waals surface area contributed by atoms with Crippen LogP contribution < -0.4 is 36.5 Å². The monoisotopic (exact) mass is 1210 g/mol. The van der Waals surface area contributed by atoms with Crippen molar-refractivity contribution in [3.8, 4) is 24.3 Å². The summed E-state index contributed by atoms with van der Waals surface area (Å²) < 4.78 is 0.757. The molecule has 10 aromatic carbocycles. The van der Waals surface area contributed by atoms with Crippen LogP contribution >= 0.6 is 29.7 Å². The van der Waals surface area contributed by atoms with Crippen LogP contribution in [0.3, 0.4) is 0 Å². The van der Waals surface area contributed by atoms with Crippen molar-refractivity contribution in [3.05, 3.63) is 336 Å². The Bertz CT molecular complexity index is 4240. The number of hydrogen-bond donors (Lipinski definition) is 2. The van der Waals surface area contributed by atoms with Gasteiger partial charge in [-0.1, -0.05) is 234 Å². The Morgan fingerprint density at radius 1 is 0.314 bits per heavy atom. The largest absolute Gasteiger partial charge is 0.488 e. The van der Waals surface area contributed by atoms with E-state index in [1.54, 1.807) is 12.1 Å². The third-order valence-corrected chi connectivity index (χ3v) is 23.1. The number of halogens is 1. The number of rotatable bonds is 12. The Labute approximate surface area is 511 Å². The van der Waals surface area contributed by atoms with E-state index in [4.69, 9.17) is 0 Å². The lowest BCUT2D eigenvalue weighted by Gasteiger charge is -2.31. The predicted octanol–water partition coefficient (Wildman–Crippen LogP) is 15.2. The number of anilines is 6. The van der Waals surface area contributed by atoms with Crippen molar-refractivity contribution in [3.63, 3.8) is 0 Å². The van der Waals surface area contributed by atoms with Gasteiger partial charge in [0.15, 0.2) is 0 Å². The molecule has 2 N–H and O–H groups in total. The van der Waals surface area contributed by atoms with Gasteiger partial charge in [0.25, 0.3) is 0 Å². The molecule has 10 aromatic rings. The summed E-state index contributed by atoms with van der Waals surface area (Å²) in [5.41, 5.74) is 8.49. The topological polar surface area (TPSA) is 142 Å². The van der Waals surface area contributed by atoms with Crippen molar-refractivity contribution in [2.45, 2.75) is 0 Å². The zero-order valence-electron chi connectivity index (χ0n) is 46.4. The summed E-state index contributed by atoms with van der Waals surface area (Å²) in [5.74, 6) is 0. The van der Waals surface area contributed by atoms with Crippen molar-refractivity contribution >= 4 is 114 Å². The molecule has 12 rings (SSSR count). The van der Waals surface area contributed by atoms with E-state index < -0.39 is 20.9 Å². The van der Waals surface area contributed by atoms with Crippen LogP contribution in [0.1, 0.15) is 5.56 Å². The van der Waals surface area contributed by atoms with E-state index in [1.807, 2.05) is 255 Å². The number of nitriles is 4. The summed E-state index contributed by atoms with van der Waals surface area (Å²) in [6.07, 6.45) is 7.65. The third-order valence-electron chi connectivity index (χ3n) is 14.6. The molecule has 2 aliphatic heterocycles. The van der Waals surface area contributed by atoms with Gasteiger partial charge in [-0.25, -0.2) is 0 Å². The fourth-order valence-electron chi connectivity index (χ4n) is 10.7. The lowest BCUT2D eigenvalue weighted by atomic mass is 9.80. The van der Waals surface area contributed by atoms with Crippen LogP contribution in [0.2, 0.25) is 0 Å². The Hall–Kier alpha value is -10.2. The van der Waals surface area contributed by atoms with Crippen molar-refractivity contribution in [1.82, 2.24) is 0 Å². The molecular formula is C74H54BBrN6O2P2. The zero-order valence-corrected chi connectivity index (χ0v) is 49.8. The number of benzene rings is 10. The van der Waals surface area contributed by atoms with Gasteiger partial charge in [0.05, 0.1) is 21.2 Å². The SMILES string of the molecule is N#CC1=CC(Br)=CC(C#N)=P1(c1ccccc1)c1ccccc1.N#CC1=CC(c2ccc(N(c3ccccc3)c3ccccc3)cc2)=CC(C#N)=P1(c1ccccc1)c1ccccc1.OB(O)c1ccc(N(c2ccccc2)c2ccccc2)cc1. The molecule has 0 radical (unpaired) electrons.